The first kappa shape index (κ1) is 25.2. The molecule has 1 N–H and O–H groups in total. The van der Waals surface area contributed by atoms with Crippen LogP contribution in [0.4, 0.5) is 0 Å². The molecule has 6 fully saturated rings. The fourth-order valence-corrected chi connectivity index (χ4v) is 12.0. The second-order valence-corrected chi connectivity index (χ2v) is 14.9. The number of hydrogen-bond donors (Lipinski definition) is 1. The van der Waals surface area contributed by atoms with Crippen molar-refractivity contribution in [2.75, 3.05) is 32.9 Å². The summed E-state index contributed by atoms with van der Waals surface area (Å²) in [4.78, 5) is 15.0. The van der Waals surface area contributed by atoms with Gasteiger partial charge in [0.1, 0.15) is 0 Å². The maximum absolute atomic E-state index is 12.3. The van der Waals surface area contributed by atoms with E-state index in [0.29, 0.717) is 48.4 Å². The molecule has 5 aliphatic carbocycles. The fraction of sp³-hybridized carbons (Fsp3) is 0.906. The Bertz CT molecular complexity index is 995. The maximum atomic E-state index is 12.3. The lowest BCUT2D eigenvalue weighted by molar-refractivity contribution is -0.148. The quantitative estimate of drug-likeness (QED) is 0.526. The van der Waals surface area contributed by atoms with Crippen LogP contribution in [0.1, 0.15) is 85.5 Å². The maximum Gasteiger partial charge on any atom is 0.155 e. The molecule has 2 spiro atoms. The zero-order chi connectivity index (χ0) is 25.8. The summed E-state index contributed by atoms with van der Waals surface area (Å²) in [5.41, 5.74) is 2.47. The smallest absolute Gasteiger partial charge is 0.155 e. The monoisotopic (exact) mass is 511 g/mol. The fourth-order valence-electron chi connectivity index (χ4n) is 12.0. The number of nitrogens with zero attached hydrogens (tertiary/aromatic N) is 1. The standard InChI is InChI=1S/C32H49NO4/c1-20-15-27-28(33(18-20)11-13-36-14-12-34)21(2)32(37-27)10-8-25-24-6-5-22-16-23(35)7-9-29(22,3)26(24)17-31(25)19-30(31,32)4/h16,20-21,24-28,34H,5-15,17-19H2,1-4H3/t20-,21+,24-,25-,26-,27+,28-,29-,30?,31?,32?/m0/s1. The average Bonchev–Trinajstić information content (AvgIpc) is 3.20. The molecule has 206 valence electrons. The molecule has 5 nitrogen and oxygen atoms in total. The van der Waals surface area contributed by atoms with E-state index in [4.69, 9.17) is 14.6 Å². The lowest BCUT2D eigenvalue weighted by atomic mass is 9.56. The Labute approximate surface area is 223 Å². The van der Waals surface area contributed by atoms with Crippen molar-refractivity contribution >= 4 is 5.78 Å². The zero-order valence-corrected chi connectivity index (χ0v) is 23.6. The second-order valence-electron chi connectivity index (χ2n) is 14.9. The van der Waals surface area contributed by atoms with Crippen LogP contribution in [0.2, 0.25) is 0 Å². The summed E-state index contributed by atoms with van der Waals surface area (Å²) in [5, 5.41) is 9.13. The number of rotatable bonds is 5. The van der Waals surface area contributed by atoms with Crippen LogP contribution in [-0.4, -0.2) is 66.4 Å². The van der Waals surface area contributed by atoms with Gasteiger partial charge in [-0.1, -0.05) is 33.3 Å². The van der Waals surface area contributed by atoms with E-state index in [0.717, 1.165) is 50.1 Å². The Kier molecular flexibility index (Phi) is 5.71. The summed E-state index contributed by atoms with van der Waals surface area (Å²) in [7, 11) is 0. The molecule has 2 heterocycles. The minimum absolute atomic E-state index is 0.00268. The van der Waals surface area contributed by atoms with E-state index in [1.54, 1.807) is 0 Å². The number of likely N-dealkylation sites (tertiary alicyclic amines) is 1. The summed E-state index contributed by atoms with van der Waals surface area (Å²) in [6, 6.07) is 0.486. The second kappa shape index (κ2) is 8.38. The number of ketones is 1. The van der Waals surface area contributed by atoms with Crippen molar-refractivity contribution in [3.8, 4) is 0 Å². The number of fused-ring (bicyclic) bond motifs is 6. The highest BCUT2D eigenvalue weighted by atomic mass is 16.5. The Morgan fingerprint density at radius 3 is 2.78 bits per heavy atom. The van der Waals surface area contributed by atoms with E-state index >= 15 is 0 Å². The molecule has 7 rings (SSSR count). The minimum Gasteiger partial charge on any atom is -0.394 e. The van der Waals surface area contributed by atoms with Gasteiger partial charge >= 0.3 is 0 Å². The molecule has 11 atom stereocenters. The Hall–Kier alpha value is -0.750. The van der Waals surface area contributed by atoms with Crippen LogP contribution in [0.3, 0.4) is 0 Å². The molecule has 0 aromatic rings. The normalized spacial score (nSPS) is 54.2. The number of piperidine rings is 1. The lowest BCUT2D eigenvalue weighted by Crippen LogP contribution is -2.55. The summed E-state index contributed by atoms with van der Waals surface area (Å²) >= 11 is 0. The molecular weight excluding hydrogens is 462 g/mol. The Balaban J connectivity index is 1.17. The molecule has 0 aromatic heterocycles. The molecule has 3 unspecified atom stereocenters. The number of allylic oxidation sites excluding steroid dienone is 2. The van der Waals surface area contributed by atoms with E-state index in [1.165, 1.54) is 44.1 Å². The van der Waals surface area contributed by atoms with Gasteiger partial charge in [-0.15, -0.1) is 0 Å². The molecule has 2 aliphatic heterocycles. The molecule has 0 aromatic carbocycles. The Morgan fingerprint density at radius 1 is 1.14 bits per heavy atom. The molecule has 0 amide bonds. The van der Waals surface area contributed by atoms with Gasteiger partial charge in [-0.25, -0.2) is 0 Å². The van der Waals surface area contributed by atoms with Gasteiger partial charge in [0.2, 0.25) is 0 Å². The molecule has 2 saturated heterocycles. The summed E-state index contributed by atoms with van der Waals surface area (Å²) in [5.74, 6) is 3.99. The largest absolute Gasteiger partial charge is 0.394 e. The topological polar surface area (TPSA) is 59.0 Å². The van der Waals surface area contributed by atoms with E-state index in [9.17, 15) is 4.79 Å². The van der Waals surface area contributed by atoms with Gasteiger partial charge in [0.25, 0.3) is 0 Å². The van der Waals surface area contributed by atoms with Gasteiger partial charge in [0.05, 0.1) is 31.5 Å². The highest BCUT2D eigenvalue weighted by Gasteiger charge is 2.84. The van der Waals surface area contributed by atoms with Crippen LogP contribution in [0, 0.1) is 45.8 Å². The molecule has 37 heavy (non-hydrogen) atoms. The third kappa shape index (κ3) is 3.21. The van der Waals surface area contributed by atoms with Crippen molar-refractivity contribution < 1.29 is 19.4 Å². The number of aliphatic hydroxyl groups excluding tert-OH is 1. The number of aliphatic hydroxyl groups is 1. The third-order valence-electron chi connectivity index (χ3n) is 13.6. The predicted molar refractivity (Wildman–Crippen MR) is 143 cm³/mol. The number of hydrogen-bond acceptors (Lipinski definition) is 5. The molecule has 5 heteroatoms. The SMILES string of the molecule is C[C@H]1C[C@H]2OC3(CC[C@H]4[C@@H]5CCC6=CC(=O)CC[C@]6(C)[C@H]5CC45CC53C)[C@H](C)[C@@H]2N(CCOCCO)C1. The van der Waals surface area contributed by atoms with Crippen LogP contribution < -0.4 is 0 Å². The van der Waals surface area contributed by atoms with E-state index in [2.05, 4.69) is 38.7 Å². The highest BCUT2D eigenvalue weighted by molar-refractivity contribution is 5.91. The van der Waals surface area contributed by atoms with Crippen molar-refractivity contribution in [1.82, 2.24) is 4.90 Å². The van der Waals surface area contributed by atoms with Crippen molar-refractivity contribution in [3.63, 3.8) is 0 Å². The van der Waals surface area contributed by atoms with Gasteiger partial charge in [0, 0.05) is 36.9 Å². The summed E-state index contributed by atoms with van der Waals surface area (Å²) < 4.78 is 13.1. The highest BCUT2D eigenvalue weighted by Crippen LogP contribution is 2.87. The predicted octanol–water partition coefficient (Wildman–Crippen LogP) is 5.01. The zero-order valence-electron chi connectivity index (χ0n) is 23.6. The Morgan fingerprint density at radius 2 is 1.97 bits per heavy atom. The first-order valence-corrected chi connectivity index (χ1v) is 15.5. The molecular formula is C32H49NO4. The molecule has 7 aliphatic rings. The van der Waals surface area contributed by atoms with E-state index < -0.39 is 0 Å². The molecule has 4 saturated carbocycles. The first-order chi connectivity index (χ1) is 17.7. The van der Waals surface area contributed by atoms with Crippen LogP contribution >= 0.6 is 0 Å². The van der Waals surface area contributed by atoms with Gasteiger partial charge in [-0.2, -0.15) is 0 Å². The van der Waals surface area contributed by atoms with Gasteiger partial charge < -0.3 is 14.6 Å². The van der Waals surface area contributed by atoms with Crippen LogP contribution in [-0.2, 0) is 14.3 Å². The van der Waals surface area contributed by atoms with Crippen LogP contribution in [0.25, 0.3) is 0 Å². The van der Waals surface area contributed by atoms with Crippen LogP contribution in [0.15, 0.2) is 11.6 Å². The van der Waals surface area contributed by atoms with Crippen molar-refractivity contribution in [2.45, 2.75) is 103 Å². The number of carbonyl (C=O) groups excluding carboxylic acids is 1. The lowest BCUT2D eigenvalue weighted by Gasteiger charge is -2.50. The summed E-state index contributed by atoms with van der Waals surface area (Å²) in [6.07, 6.45) is 13.1. The number of ether oxygens (including phenoxy) is 2. The van der Waals surface area contributed by atoms with Crippen molar-refractivity contribution in [3.05, 3.63) is 11.6 Å². The molecule has 0 bridgehead atoms. The van der Waals surface area contributed by atoms with Gasteiger partial charge in [-0.3, -0.25) is 9.69 Å². The van der Waals surface area contributed by atoms with E-state index in [-0.39, 0.29) is 23.0 Å². The van der Waals surface area contributed by atoms with Crippen molar-refractivity contribution in [2.24, 2.45) is 45.8 Å². The molecule has 0 radical (unpaired) electrons. The number of carbonyl (C=O) groups is 1. The summed E-state index contributed by atoms with van der Waals surface area (Å²) in [6.45, 7) is 13.4. The third-order valence-corrected chi connectivity index (χ3v) is 13.6. The van der Waals surface area contributed by atoms with E-state index in [1.807, 2.05) is 0 Å². The van der Waals surface area contributed by atoms with Gasteiger partial charge in [-0.05, 0) is 91.9 Å². The van der Waals surface area contributed by atoms with Crippen molar-refractivity contribution in [1.29, 1.82) is 0 Å². The minimum atomic E-state index is 0.00268. The average molecular weight is 512 g/mol. The van der Waals surface area contributed by atoms with Crippen LogP contribution in [0.5, 0.6) is 0 Å². The van der Waals surface area contributed by atoms with Gasteiger partial charge in [0.15, 0.2) is 5.78 Å². The first-order valence-electron chi connectivity index (χ1n) is 15.5.